The number of nitrogens with one attached hydrogen (secondary N) is 2. The lowest BCUT2D eigenvalue weighted by atomic mass is 9.66. The molecule has 1 spiro atoms. The SMILES string of the molecule is c1ccc(-n2c3ccccc3c3ccc(C4NC(n5c6ccccc6c6cc7c(cc65)C5(c6ccccc6Oc6ccccc65)c5ccccc5-7)Nc5ccccc54)cc32)cc1. The van der Waals surface area contributed by atoms with Gasteiger partial charge in [-0.05, 0) is 94.0 Å². The van der Waals surface area contributed by atoms with Gasteiger partial charge in [0.2, 0.25) is 0 Å². The lowest BCUT2D eigenvalue weighted by molar-refractivity contribution is 0.417. The van der Waals surface area contributed by atoms with Crippen molar-refractivity contribution >= 4 is 49.3 Å². The zero-order chi connectivity index (χ0) is 40.5. The standard InChI is InChI=1S/C57H38N4O/c1-2-16-36(17-3-1)60-49-26-12-6-19-38(49)40-31-30-35(32-51(40)60)55-41-21-5-11-25-48(41)58-56(59-55)61-50-27-13-7-20-39(50)43-33-42-37-18-4-8-22-44(37)57(47(42)34-52(43)61)45-23-9-14-28-53(45)62-54-29-15-10-24-46(54)57/h1-34,55-56,58-59H. The van der Waals surface area contributed by atoms with Crippen LogP contribution in [-0.2, 0) is 5.41 Å². The Balaban J connectivity index is 1.00. The first kappa shape index (κ1) is 33.9. The highest BCUT2D eigenvalue weighted by molar-refractivity contribution is 6.12. The van der Waals surface area contributed by atoms with Gasteiger partial charge in [-0.3, -0.25) is 5.32 Å². The van der Waals surface area contributed by atoms with Gasteiger partial charge in [0.05, 0.1) is 33.5 Å². The summed E-state index contributed by atoms with van der Waals surface area (Å²) in [5.41, 5.74) is 16.3. The largest absolute Gasteiger partial charge is 0.457 e. The van der Waals surface area contributed by atoms with Crippen molar-refractivity contribution < 1.29 is 4.74 Å². The number of rotatable bonds is 3. The van der Waals surface area contributed by atoms with Crippen LogP contribution in [0.1, 0.15) is 45.7 Å². The van der Waals surface area contributed by atoms with Crippen molar-refractivity contribution in [2.24, 2.45) is 0 Å². The zero-order valence-corrected chi connectivity index (χ0v) is 33.6. The highest BCUT2D eigenvalue weighted by Gasteiger charge is 2.51. The number of ether oxygens (including phenoxy) is 1. The predicted octanol–water partition coefficient (Wildman–Crippen LogP) is 13.6. The van der Waals surface area contributed by atoms with E-state index in [4.69, 9.17) is 4.74 Å². The van der Waals surface area contributed by atoms with E-state index in [-0.39, 0.29) is 12.3 Å². The molecule has 62 heavy (non-hydrogen) atoms. The molecule has 0 radical (unpaired) electrons. The van der Waals surface area contributed by atoms with Crippen LogP contribution in [0.5, 0.6) is 11.5 Å². The molecule has 2 atom stereocenters. The fraction of sp³-hybridized carbons (Fsp3) is 0.0526. The van der Waals surface area contributed by atoms with Crippen LogP contribution < -0.4 is 15.4 Å². The summed E-state index contributed by atoms with van der Waals surface area (Å²) in [6.45, 7) is 0. The number of benzene rings is 9. The molecule has 292 valence electrons. The third kappa shape index (κ3) is 4.45. The number of hydrogen-bond donors (Lipinski definition) is 2. The molecule has 0 bridgehead atoms. The first-order chi connectivity index (χ1) is 30.8. The summed E-state index contributed by atoms with van der Waals surface area (Å²) >= 11 is 0. The predicted molar refractivity (Wildman–Crippen MR) is 252 cm³/mol. The van der Waals surface area contributed by atoms with Gasteiger partial charge in [0.15, 0.2) is 6.29 Å². The molecule has 14 rings (SSSR count). The molecular weight excluding hydrogens is 757 g/mol. The Hall–Kier alpha value is -7.86. The van der Waals surface area contributed by atoms with E-state index in [2.05, 4.69) is 226 Å². The number of hydrogen-bond acceptors (Lipinski definition) is 3. The zero-order valence-electron chi connectivity index (χ0n) is 33.6. The van der Waals surface area contributed by atoms with Gasteiger partial charge in [-0.1, -0.05) is 146 Å². The van der Waals surface area contributed by atoms with Gasteiger partial charge >= 0.3 is 0 Å². The summed E-state index contributed by atoms with van der Waals surface area (Å²) in [5.74, 6) is 1.79. The first-order valence-electron chi connectivity index (χ1n) is 21.5. The van der Waals surface area contributed by atoms with Gasteiger partial charge < -0.3 is 19.2 Å². The Labute approximate surface area is 358 Å². The number of nitrogens with zero attached hydrogens (tertiary/aromatic N) is 2. The van der Waals surface area contributed by atoms with Crippen LogP contribution >= 0.6 is 0 Å². The van der Waals surface area contributed by atoms with E-state index >= 15 is 0 Å². The van der Waals surface area contributed by atoms with Gasteiger partial charge in [-0.15, -0.1) is 0 Å². The molecule has 2 aliphatic heterocycles. The van der Waals surface area contributed by atoms with E-state index < -0.39 is 5.41 Å². The second-order valence-corrected chi connectivity index (χ2v) is 16.9. The van der Waals surface area contributed by atoms with Crippen molar-refractivity contribution in [1.82, 2.24) is 14.5 Å². The van der Waals surface area contributed by atoms with Crippen molar-refractivity contribution in [3.05, 3.63) is 240 Å². The van der Waals surface area contributed by atoms with Crippen LogP contribution in [0.3, 0.4) is 0 Å². The molecule has 2 aromatic heterocycles. The Kier molecular flexibility index (Phi) is 6.88. The summed E-state index contributed by atoms with van der Waals surface area (Å²) in [5, 5.41) is 13.1. The topological polar surface area (TPSA) is 43.1 Å². The number of anilines is 1. The van der Waals surface area contributed by atoms with Crippen LogP contribution in [0.2, 0.25) is 0 Å². The van der Waals surface area contributed by atoms with Gasteiger partial charge in [-0.2, -0.15) is 0 Å². The second kappa shape index (κ2) is 12.6. The van der Waals surface area contributed by atoms with E-state index in [0.29, 0.717) is 0 Å². The Morgan fingerprint density at radius 2 is 1.06 bits per heavy atom. The molecule has 2 unspecified atom stereocenters. The van der Waals surface area contributed by atoms with Crippen LogP contribution in [0.15, 0.2) is 206 Å². The van der Waals surface area contributed by atoms with Crippen molar-refractivity contribution in [1.29, 1.82) is 0 Å². The molecule has 0 amide bonds. The van der Waals surface area contributed by atoms with Crippen molar-refractivity contribution in [2.45, 2.75) is 17.7 Å². The van der Waals surface area contributed by atoms with Gasteiger partial charge in [0, 0.05) is 44.0 Å². The minimum absolute atomic E-state index is 0.0976. The maximum atomic E-state index is 6.69. The van der Waals surface area contributed by atoms with Crippen LogP contribution in [-0.4, -0.2) is 9.13 Å². The van der Waals surface area contributed by atoms with E-state index in [9.17, 15) is 0 Å². The highest BCUT2D eigenvalue weighted by atomic mass is 16.5. The van der Waals surface area contributed by atoms with Crippen LogP contribution in [0.25, 0.3) is 60.4 Å². The average Bonchev–Trinajstić information content (AvgIpc) is 3.94. The normalized spacial score (nSPS) is 16.7. The van der Waals surface area contributed by atoms with Gasteiger partial charge in [0.1, 0.15) is 11.5 Å². The van der Waals surface area contributed by atoms with Crippen LogP contribution in [0.4, 0.5) is 5.69 Å². The maximum absolute atomic E-state index is 6.69. The summed E-state index contributed by atoms with van der Waals surface area (Å²) in [4.78, 5) is 0. The Bertz CT molecular complexity index is 3610. The van der Waals surface area contributed by atoms with Crippen molar-refractivity contribution in [3.63, 3.8) is 0 Å². The number of aromatic nitrogens is 2. The molecule has 5 nitrogen and oxygen atoms in total. The third-order valence-electron chi connectivity index (χ3n) is 13.9. The lowest BCUT2D eigenvalue weighted by Crippen LogP contribution is -2.40. The summed E-state index contributed by atoms with van der Waals surface area (Å²) in [6.07, 6.45) is -0.278. The molecule has 2 N–H and O–H groups in total. The summed E-state index contributed by atoms with van der Waals surface area (Å²) < 4.78 is 11.6. The molecule has 0 saturated carbocycles. The molecule has 3 aliphatic rings. The van der Waals surface area contributed by atoms with Crippen LogP contribution in [0, 0.1) is 0 Å². The van der Waals surface area contributed by atoms with Crippen molar-refractivity contribution in [2.75, 3.05) is 5.32 Å². The number of fused-ring (bicyclic) bond motifs is 16. The molecule has 1 aliphatic carbocycles. The monoisotopic (exact) mass is 794 g/mol. The minimum atomic E-state index is -0.567. The molecule has 4 heterocycles. The molecule has 11 aromatic rings. The van der Waals surface area contributed by atoms with E-state index in [1.807, 2.05) is 0 Å². The fourth-order valence-corrected chi connectivity index (χ4v) is 11.4. The molecule has 9 aromatic carbocycles. The van der Waals surface area contributed by atoms with Gasteiger partial charge in [-0.25, -0.2) is 0 Å². The van der Waals surface area contributed by atoms with E-state index in [1.54, 1.807) is 0 Å². The average molecular weight is 795 g/mol. The van der Waals surface area contributed by atoms with E-state index in [1.165, 1.54) is 77.0 Å². The van der Waals surface area contributed by atoms with Crippen molar-refractivity contribution in [3.8, 4) is 28.3 Å². The summed E-state index contributed by atoms with van der Waals surface area (Å²) in [6, 6.07) is 75.2. The maximum Gasteiger partial charge on any atom is 0.160 e. The molecule has 0 saturated heterocycles. The Morgan fingerprint density at radius 1 is 0.435 bits per heavy atom. The van der Waals surface area contributed by atoms with E-state index in [0.717, 1.165) is 34.0 Å². The highest BCUT2D eigenvalue weighted by Crippen LogP contribution is 2.62. The first-order valence-corrected chi connectivity index (χ1v) is 21.5. The minimum Gasteiger partial charge on any atom is -0.457 e. The quantitative estimate of drug-likeness (QED) is 0.187. The number of para-hydroxylation sites is 6. The summed E-state index contributed by atoms with van der Waals surface area (Å²) in [7, 11) is 0. The lowest BCUT2D eigenvalue weighted by Gasteiger charge is -2.39. The molecule has 0 fully saturated rings. The Morgan fingerprint density at radius 3 is 1.87 bits per heavy atom. The van der Waals surface area contributed by atoms with Gasteiger partial charge in [0.25, 0.3) is 0 Å². The molecule has 5 heteroatoms. The third-order valence-corrected chi connectivity index (χ3v) is 13.9. The second-order valence-electron chi connectivity index (χ2n) is 16.9. The molecular formula is C57H38N4O. The fourth-order valence-electron chi connectivity index (χ4n) is 11.4. The smallest absolute Gasteiger partial charge is 0.160 e.